The molecule has 0 unspecified atom stereocenters. The van der Waals surface area contributed by atoms with E-state index in [9.17, 15) is 8.42 Å². The van der Waals surface area contributed by atoms with E-state index in [4.69, 9.17) is 0 Å². The summed E-state index contributed by atoms with van der Waals surface area (Å²) in [7, 11) is -3.39. The lowest BCUT2D eigenvalue weighted by Gasteiger charge is -2.02. The Balaban J connectivity index is 2.05. The zero-order chi connectivity index (χ0) is 13.3. The largest absolute Gasteiger partial charge is 0.360 e. The molecule has 2 heterocycles. The molecular weight excluding hydrogens is 260 g/mol. The highest BCUT2D eigenvalue weighted by atomic mass is 32.2. The van der Waals surface area contributed by atoms with Crippen LogP contribution in [-0.2, 0) is 15.6 Å². The smallest absolute Gasteiger partial charge is 0.186 e. The maximum atomic E-state index is 12.4. The maximum absolute atomic E-state index is 12.4. The van der Waals surface area contributed by atoms with E-state index in [2.05, 4.69) is 9.97 Å². The number of pyridine rings is 1. The molecule has 0 fully saturated rings. The van der Waals surface area contributed by atoms with E-state index in [0.29, 0.717) is 10.6 Å². The van der Waals surface area contributed by atoms with Crippen LogP contribution in [0.5, 0.6) is 0 Å². The van der Waals surface area contributed by atoms with E-state index in [1.807, 2.05) is 18.2 Å². The van der Waals surface area contributed by atoms with Gasteiger partial charge in [0.15, 0.2) is 9.84 Å². The highest BCUT2D eigenvalue weighted by Gasteiger charge is 2.19. The molecule has 1 N–H and O–H groups in total. The number of nitrogens with one attached hydrogen (secondary N) is 1. The Hall–Kier alpha value is -2.14. The number of sulfone groups is 1. The van der Waals surface area contributed by atoms with Crippen LogP contribution in [0.15, 0.2) is 59.8 Å². The van der Waals surface area contributed by atoms with Gasteiger partial charge in [-0.2, -0.15) is 0 Å². The van der Waals surface area contributed by atoms with Crippen LogP contribution in [0.25, 0.3) is 10.9 Å². The summed E-state index contributed by atoms with van der Waals surface area (Å²) in [5.74, 6) is -0.0876. The van der Waals surface area contributed by atoms with Gasteiger partial charge in [0.05, 0.1) is 16.3 Å². The topological polar surface area (TPSA) is 62.8 Å². The number of fused-ring (bicyclic) bond motifs is 1. The Labute approximate surface area is 111 Å². The summed E-state index contributed by atoms with van der Waals surface area (Å²) >= 11 is 0. The summed E-state index contributed by atoms with van der Waals surface area (Å²) in [6.45, 7) is 0. The fraction of sp³-hybridized carbons (Fsp3) is 0.0714. The van der Waals surface area contributed by atoms with Crippen molar-refractivity contribution >= 4 is 20.7 Å². The zero-order valence-electron chi connectivity index (χ0n) is 10.1. The van der Waals surface area contributed by atoms with Gasteiger partial charge in [-0.1, -0.05) is 24.3 Å². The monoisotopic (exact) mass is 272 g/mol. The maximum Gasteiger partial charge on any atom is 0.186 e. The highest BCUT2D eigenvalue weighted by Crippen LogP contribution is 2.24. The molecule has 3 rings (SSSR count). The SMILES string of the molecule is O=S(=O)(Cc1ccccn1)c1c[nH]c2ccccc12. The van der Waals surface area contributed by atoms with Gasteiger partial charge in [0, 0.05) is 23.3 Å². The number of aromatic nitrogens is 2. The molecule has 1 aromatic carbocycles. The Morgan fingerprint density at radius 3 is 2.63 bits per heavy atom. The molecule has 4 nitrogen and oxygen atoms in total. The second-order valence-corrected chi connectivity index (χ2v) is 6.24. The minimum Gasteiger partial charge on any atom is -0.360 e. The first-order valence-corrected chi connectivity index (χ1v) is 7.51. The fourth-order valence-electron chi connectivity index (χ4n) is 2.06. The molecule has 5 heteroatoms. The van der Waals surface area contributed by atoms with E-state index in [1.165, 1.54) is 0 Å². The highest BCUT2D eigenvalue weighted by molar-refractivity contribution is 7.90. The molecule has 0 saturated carbocycles. The van der Waals surface area contributed by atoms with Gasteiger partial charge in [-0.05, 0) is 18.2 Å². The van der Waals surface area contributed by atoms with Crippen LogP contribution in [0, 0.1) is 0 Å². The number of H-pyrrole nitrogens is 1. The van der Waals surface area contributed by atoms with Gasteiger partial charge in [0.1, 0.15) is 0 Å². The summed E-state index contributed by atoms with van der Waals surface area (Å²) in [6.07, 6.45) is 3.14. The van der Waals surface area contributed by atoms with Gasteiger partial charge in [-0.25, -0.2) is 8.42 Å². The summed E-state index contributed by atoms with van der Waals surface area (Å²) in [6, 6.07) is 12.6. The molecule has 0 atom stereocenters. The number of hydrogen-bond donors (Lipinski definition) is 1. The third-order valence-corrected chi connectivity index (χ3v) is 4.63. The second kappa shape index (κ2) is 4.51. The third kappa shape index (κ3) is 2.24. The van der Waals surface area contributed by atoms with Crippen molar-refractivity contribution < 1.29 is 8.42 Å². The third-order valence-electron chi connectivity index (χ3n) is 2.95. The number of nitrogens with zero attached hydrogens (tertiary/aromatic N) is 1. The Kier molecular flexibility index (Phi) is 2.83. The van der Waals surface area contributed by atoms with Crippen molar-refractivity contribution in [3.05, 3.63) is 60.6 Å². The molecule has 96 valence electrons. The fourth-order valence-corrected chi connectivity index (χ4v) is 3.53. The van der Waals surface area contributed by atoms with Gasteiger partial charge in [-0.3, -0.25) is 4.98 Å². The summed E-state index contributed by atoms with van der Waals surface area (Å²) < 4.78 is 24.8. The molecule has 19 heavy (non-hydrogen) atoms. The number of hydrogen-bond acceptors (Lipinski definition) is 3. The van der Waals surface area contributed by atoms with Crippen LogP contribution >= 0.6 is 0 Å². The molecule has 0 bridgehead atoms. The number of benzene rings is 1. The quantitative estimate of drug-likeness (QED) is 0.797. The number of para-hydroxylation sites is 1. The Bertz CT molecular complexity index is 808. The second-order valence-electron chi connectivity index (χ2n) is 4.28. The van der Waals surface area contributed by atoms with Crippen molar-refractivity contribution in [1.29, 1.82) is 0 Å². The first-order valence-electron chi connectivity index (χ1n) is 5.85. The molecule has 0 aliphatic heterocycles. The standard InChI is InChI=1S/C14H12N2O2S/c17-19(18,10-11-5-3-4-8-15-11)14-9-16-13-7-2-1-6-12(13)14/h1-9,16H,10H2. The van der Waals surface area contributed by atoms with Gasteiger partial charge in [-0.15, -0.1) is 0 Å². The van der Waals surface area contributed by atoms with E-state index in [0.717, 1.165) is 10.9 Å². The number of aromatic amines is 1. The molecule has 0 radical (unpaired) electrons. The molecule has 3 aromatic rings. The van der Waals surface area contributed by atoms with Gasteiger partial charge >= 0.3 is 0 Å². The van der Waals surface area contributed by atoms with Crippen LogP contribution in [0.1, 0.15) is 5.69 Å². The Morgan fingerprint density at radius 2 is 1.84 bits per heavy atom. The minimum absolute atomic E-state index is 0.0876. The summed E-state index contributed by atoms with van der Waals surface area (Å²) in [5.41, 5.74) is 1.37. The minimum atomic E-state index is -3.39. The van der Waals surface area contributed by atoms with E-state index in [-0.39, 0.29) is 5.75 Å². The first-order chi connectivity index (χ1) is 9.17. The lowest BCUT2D eigenvalue weighted by molar-refractivity contribution is 0.595. The summed E-state index contributed by atoms with van der Waals surface area (Å²) in [4.78, 5) is 7.37. The van der Waals surface area contributed by atoms with Gasteiger partial charge in [0.2, 0.25) is 0 Å². The van der Waals surface area contributed by atoms with Crippen LogP contribution in [-0.4, -0.2) is 18.4 Å². The van der Waals surface area contributed by atoms with Crippen LogP contribution in [0.4, 0.5) is 0 Å². The van der Waals surface area contributed by atoms with Crippen LogP contribution in [0.3, 0.4) is 0 Å². The van der Waals surface area contributed by atoms with Crippen molar-refractivity contribution in [2.75, 3.05) is 0 Å². The predicted molar refractivity (Wildman–Crippen MR) is 73.4 cm³/mol. The Morgan fingerprint density at radius 1 is 1.05 bits per heavy atom. The van der Waals surface area contributed by atoms with E-state index < -0.39 is 9.84 Å². The van der Waals surface area contributed by atoms with Gasteiger partial charge < -0.3 is 4.98 Å². The predicted octanol–water partition coefficient (Wildman–Crippen LogP) is 2.54. The van der Waals surface area contributed by atoms with Crippen molar-refractivity contribution in [1.82, 2.24) is 9.97 Å². The average Bonchev–Trinajstić information content (AvgIpc) is 2.84. The van der Waals surface area contributed by atoms with Crippen molar-refractivity contribution in [2.45, 2.75) is 10.6 Å². The van der Waals surface area contributed by atoms with Crippen molar-refractivity contribution in [3.63, 3.8) is 0 Å². The molecule has 0 saturated heterocycles. The molecule has 2 aromatic heterocycles. The average molecular weight is 272 g/mol. The molecule has 0 aliphatic rings. The molecule has 0 spiro atoms. The lowest BCUT2D eigenvalue weighted by Crippen LogP contribution is -2.05. The lowest BCUT2D eigenvalue weighted by atomic mass is 10.2. The van der Waals surface area contributed by atoms with Gasteiger partial charge in [0.25, 0.3) is 0 Å². The number of rotatable bonds is 3. The zero-order valence-corrected chi connectivity index (χ0v) is 10.9. The molecule has 0 amide bonds. The summed E-state index contributed by atoms with van der Waals surface area (Å²) in [5, 5.41) is 0.721. The van der Waals surface area contributed by atoms with E-state index >= 15 is 0 Å². The molecule has 0 aliphatic carbocycles. The molecular formula is C14H12N2O2S. The van der Waals surface area contributed by atoms with Crippen LogP contribution < -0.4 is 0 Å². The van der Waals surface area contributed by atoms with Crippen molar-refractivity contribution in [3.8, 4) is 0 Å². The van der Waals surface area contributed by atoms with Crippen molar-refractivity contribution in [2.24, 2.45) is 0 Å². The van der Waals surface area contributed by atoms with Crippen LogP contribution in [0.2, 0.25) is 0 Å². The first kappa shape index (κ1) is 11.9. The van der Waals surface area contributed by atoms with E-state index in [1.54, 1.807) is 36.7 Å². The normalized spacial score (nSPS) is 11.8.